The third-order valence-corrected chi connectivity index (χ3v) is 11.6. The zero-order valence-electron chi connectivity index (χ0n) is 27.5. The number of thiophene rings is 1. The molecular formula is C49H32S. The van der Waals surface area contributed by atoms with E-state index in [0.29, 0.717) is 0 Å². The summed E-state index contributed by atoms with van der Waals surface area (Å²) in [7, 11) is 0. The van der Waals surface area contributed by atoms with E-state index < -0.39 is 0 Å². The molecule has 0 fully saturated rings. The quantitative estimate of drug-likeness (QED) is 0.129. The molecule has 0 N–H and O–H groups in total. The van der Waals surface area contributed by atoms with Crippen LogP contribution in [0.5, 0.6) is 0 Å². The molecule has 0 unspecified atom stereocenters. The summed E-state index contributed by atoms with van der Waals surface area (Å²) in [5.74, 6) is 0. The average Bonchev–Trinajstić information content (AvgIpc) is 3.55. The van der Waals surface area contributed by atoms with Crippen LogP contribution in [0.25, 0.3) is 91.4 Å². The van der Waals surface area contributed by atoms with Gasteiger partial charge in [-0.3, -0.25) is 0 Å². The molecule has 0 bridgehead atoms. The maximum atomic E-state index is 4.55. The van der Waals surface area contributed by atoms with Crippen molar-refractivity contribution < 1.29 is 0 Å². The molecule has 1 aliphatic rings. The second-order valence-corrected chi connectivity index (χ2v) is 14.3. The predicted octanol–water partition coefficient (Wildman–Crippen LogP) is 14.2. The van der Waals surface area contributed by atoms with Crippen molar-refractivity contribution in [3.63, 3.8) is 0 Å². The van der Waals surface area contributed by atoms with Crippen LogP contribution in [-0.2, 0) is 6.42 Å². The molecule has 0 nitrogen and oxygen atoms in total. The van der Waals surface area contributed by atoms with Crippen molar-refractivity contribution >= 4 is 70.1 Å². The van der Waals surface area contributed by atoms with Crippen molar-refractivity contribution in [2.24, 2.45) is 0 Å². The van der Waals surface area contributed by atoms with Crippen molar-refractivity contribution in [3.05, 3.63) is 188 Å². The number of hydrogen-bond acceptors (Lipinski definition) is 1. The molecule has 50 heavy (non-hydrogen) atoms. The van der Waals surface area contributed by atoms with Crippen LogP contribution in [0.15, 0.2) is 176 Å². The molecule has 234 valence electrons. The molecule has 0 saturated heterocycles. The number of allylic oxidation sites excluding steroid dienone is 5. The van der Waals surface area contributed by atoms with Gasteiger partial charge in [-0.25, -0.2) is 0 Å². The molecule has 0 amide bonds. The smallest absolute Gasteiger partial charge is 0.0436 e. The first-order valence-electron chi connectivity index (χ1n) is 17.3. The summed E-state index contributed by atoms with van der Waals surface area (Å²) in [5.41, 5.74) is 10.0. The summed E-state index contributed by atoms with van der Waals surface area (Å²) >= 11 is 1.89. The second-order valence-electron chi connectivity index (χ2n) is 13.2. The highest BCUT2D eigenvalue weighted by Crippen LogP contribution is 2.49. The fourth-order valence-corrected chi connectivity index (χ4v) is 9.54. The van der Waals surface area contributed by atoms with E-state index in [1.54, 1.807) is 0 Å². The van der Waals surface area contributed by atoms with E-state index in [2.05, 4.69) is 176 Å². The number of rotatable bonds is 2. The molecule has 1 heterocycles. The Bertz CT molecular complexity index is 2850. The van der Waals surface area contributed by atoms with Gasteiger partial charge in [-0.05, 0) is 101 Å². The minimum atomic E-state index is 0.906. The maximum absolute atomic E-state index is 4.55. The van der Waals surface area contributed by atoms with Gasteiger partial charge < -0.3 is 0 Å². The Morgan fingerprint density at radius 2 is 1.08 bits per heavy atom. The lowest BCUT2D eigenvalue weighted by molar-refractivity contribution is 1.27. The van der Waals surface area contributed by atoms with Gasteiger partial charge in [-0.15, -0.1) is 11.3 Å². The summed E-state index contributed by atoms with van der Waals surface area (Å²) < 4.78 is 1.28. The highest BCUT2D eigenvalue weighted by Gasteiger charge is 2.22. The molecule has 0 radical (unpaired) electrons. The molecular weight excluding hydrogens is 621 g/mol. The van der Waals surface area contributed by atoms with E-state index in [0.717, 1.165) is 12.0 Å². The molecule has 1 aliphatic carbocycles. The molecule has 0 atom stereocenters. The van der Waals surface area contributed by atoms with Crippen LogP contribution in [0.2, 0.25) is 0 Å². The van der Waals surface area contributed by atoms with Gasteiger partial charge in [0.25, 0.3) is 0 Å². The van der Waals surface area contributed by atoms with Crippen LogP contribution >= 0.6 is 11.3 Å². The normalized spacial score (nSPS) is 14.3. The molecule has 0 spiro atoms. The third-order valence-electron chi connectivity index (χ3n) is 10.4. The maximum Gasteiger partial charge on any atom is 0.0436 e. The molecule has 1 aromatic heterocycles. The van der Waals surface area contributed by atoms with Crippen LogP contribution < -0.4 is 0 Å². The molecule has 10 rings (SSSR count). The summed E-state index contributed by atoms with van der Waals surface area (Å²) in [4.78, 5) is 1.30. The van der Waals surface area contributed by atoms with E-state index in [1.165, 1.54) is 97.0 Å². The lowest BCUT2D eigenvalue weighted by Gasteiger charge is -2.19. The monoisotopic (exact) mass is 652 g/mol. The Kier molecular flexibility index (Phi) is 6.69. The Morgan fingerprint density at radius 1 is 0.460 bits per heavy atom. The minimum absolute atomic E-state index is 0.906. The summed E-state index contributed by atoms with van der Waals surface area (Å²) in [6.07, 6.45) is 9.55. The standard InChI is InChI=1S/C49H32S/c1-31-15-3-2-4-16-32-17-5-8-20-36(32)49-46(31)43-28-27-34(30-45(43)50-49)47-39-23-11-13-25-41(39)48(42-26-14-12-24-40(42)47)44-29-33-18-6-7-19-35(33)37-21-9-10-22-38(37)44/h2-15,17-30H,1,16H2/b4-2-,15-3-. The topological polar surface area (TPSA) is 0 Å². The molecule has 8 aromatic carbocycles. The molecule has 9 aromatic rings. The number of fused-ring (bicyclic) bond motifs is 10. The zero-order valence-corrected chi connectivity index (χ0v) is 28.3. The Morgan fingerprint density at radius 3 is 1.84 bits per heavy atom. The summed E-state index contributed by atoms with van der Waals surface area (Å²) in [6, 6.07) is 54.0. The van der Waals surface area contributed by atoms with Crippen LogP contribution in [-0.4, -0.2) is 0 Å². The zero-order chi connectivity index (χ0) is 33.2. The van der Waals surface area contributed by atoms with Crippen LogP contribution in [0.4, 0.5) is 0 Å². The van der Waals surface area contributed by atoms with Gasteiger partial charge in [0.2, 0.25) is 0 Å². The third kappa shape index (κ3) is 4.44. The Balaban J connectivity index is 1.27. The lowest BCUT2D eigenvalue weighted by atomic mass is 9.83. The lowest BCUT2D eigenvalue weighted by Crippen LogP contribution is -1.92. The average molecular weight is 653 g/mol. The van der Waals surface area contributed by atoms with Crippen LogP contribution in [0.3, 0.4) is 0 Å². The van der Waals surface area contributed by atoms with Crippen LogP contribution in [0, 0.1) is 0 Å². The van der Waals surface area contributed by atoms with Crippen molar-refractivity contribution in [2.45, 2.75) is 6.42 Å². The van der Waals surface area contributed by atoms with Gasteiger partial charge in [0.1, 0.15) is 0 Å². The van der Waals surface area contributed by atoms with Gasteiger partial charge in [0, 0.05) is 20.5 Å². The summed E-state index contributed by atoms with van der Waals surface area (Å²) in [5, 5.41) is 11.5. The first-order chi connectivity index (χ1) is 24.7. The summed E-state index contributed by atoms with van der Waals surface area (Å²) in [6.45, 7) is 4.55. The first kappa shape index (κ1) is 28.9. The van der Waals surface area contributed by atoms with E-state index >= 15 is 0 Å². The van der Waals surface area contributed by atoms with Gasteiger partial charge in [0.05, 0.1) is 0 Å². The minimum Gasteiger partial charge on any atom is -0.135 e. The van der Waals surface area contributed by atoms with E-state index in [-0.39, 0.29) is 0 Å². The molecule has 0 aliphatic heterocycles. The SMILES string of the molecule is C=C1/C=C\C=C/Cc2ccccc2-c2sc3cc(-c4c5ccccc5c(-c5cc6ccccc6c6ccccc56)c5ccccc45)ccc3c21. The van der Waals surface area contributed by atoms with Gasteiger partial charge >= 0.3 is 0 Å². The highest BCUT2D eigenvalue weighted by molar-refractivity contribution is 7.22. The second kappa shape index (κ2) is 11.6. The Hall–Kier alpha value is -6.02. The Labute approximate surface area is 295 Å². The molecule has 1 heteroatoms. The largest absolute Gasteiger partial charge is 0.135 e. The first-order valence-corrected chi connectivity index (χ1v) is 18.1. The van der Waals surface area contributed by atoms with Crippen molar-refractivity contribution in [3.8, 4) is 32.7 Å². The van der Waals surface area contributed by atoms with Gasteiger partial charge in [0.15, 0.2) is 0 Å². The predicted molar refractivity (Wildman–Crippen MR) is 219 cm³/mol. The van der Waals surface area contributed by atoms with Crippen molar-refractivity contribution in [1.29, 1.82) is 0 Å². The van der Waals surface area contributed by atoms with Gasteiger partial charge in [-0.1, -0.05) is 164 Å². The van der Waals surface area contributed by atoms with Crippen LogP contribution in [0.1, 0.15) is 11.1 Å². The van der Waals surface area contributed by atoms with Gasteiger partial charge in [-0.2, -0.15) is 0 Å². The number of hydrogen-bond donors (Lipinski definition) is 0. The molecule has 0 saturated carbocycles. The van der Waals surface area contributed by atoms with E-state index in [1.807, 2.05) is 11.3 Å². The van der Waals surface area contributed by atoms with Crippen molar-refractivity contribution in [1.82, 2.24) is 0 Å². The fraction of sp³-hybridized carbons (Fsp3) is 0.0204. The van der Waals surface area contributed by atoms with Crippen molar-refractivity contribution in [2.75, 3.05) is 0 Å². The highest BCUT2D eigenvalue weighted by atomic mass is 32.1. The fourth-order valence-electron chi connectivity index (χ4n) is 8.20. The van der Waals surface area contributed by atoms with E-state index in [9.17, 15) is 0 Å². The number of benzene rings is 8. The van der Waals surface area contributed by atoms with E-state index in [4.69, 9.17) is 0 Å².